The van der Waals surface area contributed by atoms with Crippen LogP contribution in [-0.2, 0) is 19.6 Å². The minimum Gasteiger partial charge on any atom is -0.488 e. The summed E-state index contributed by atoms with van der Waals surface area (Å²) in [6.45, 7) is 6.72. The lowest BCUT2D eigenvalue weighted by molar-refractivity contribution is 0.0780. The zero-order valence-corrected chi connectivity index (χ0v) is 16.9. The van der Waals surface area contributed by atoms with Gasteiger partial charge in [0, 0.05) is 13.6 Å². The molecule has 3 rings (SSSR count). The summed E-state index contributed by atoms with van der Waals surface area (Å²) in [7, 11) is 1.81. The monoisotopic (exact) mass is 378 g/mol. The summed E-state index contributed by atoms with van der Waals surface area (Å²) in [6.07, 6.45) is 1.00. The van der Waals surface area contributed by atoms with Gasteiger partial charge >= 0.3 is 0 Å². The molecule has 146 valence electrons. The van der Waals surface area contributed by atoms with Gasteiger partial charge in [-0.05, 0) is 43.5 Å². The fourth-order valence-electron chi connectivity index (χ4n) is 3.06. The molecule has 0 aliphatic rings. The highest BCUT2D eigenvalue weighted by atomic mass is 16.5. The first kappa shape index (κ1) is 19.7. The van der Waals surface area contributed by atoms with Crippen LogP contribution < -0.4 is 4.74 Å². The first-order valence-corrected chi connectivity index (χ1v) is 9.46. The Bertz CT molecular complexity index is 925. The molecule has 28 heavy (non-hydrogen) atoms. The van der Waals surface area contributed by atoms with E-state index in [0.29, 0.717) is 24.5 Å². The Balaban J connectivity index is 1.72. The number of aryl methyl sites for hydroxylation is 3. The number of benzene rings is 2. The lowest BCUT2D eigenvalue weighted by Crippen LogP contribution is -2.26. The Morgan fingerprint density at radius 2 is 1.75 bits per heavy atom. The van der Waals surface area contributed by atoms with Gasteiger partial charge in [-0.2, -0.15) is 0 Å². The molecule has 3 aromatic rings. The average Bonchev–Trinajstić information content (AvgIpc) is 3.04. The molecule has 0 N–H and O–H groups in total. The molecule has 0 bridgehead atoms. The predicted molar refractivity (Wildman–Crippen MR) is 108 cm³/mol. The summed E-state index contributed by atoms with van der Waals surface area (Å²) in [5, 5.41) is 3.94. The molecule has 0 fully saturated rings. The van der Waals surface area contributed by atoms with Gasteiger partial charge in [0.05, 0.1) is 16.8 Å². The molecule has 0 radical (unpaired) electrons. The summed E-state index contributed by atoms with van der Waals surface area (Å²) >= 11 is 0. The fraction of sp³-hybridized carbons (Fsp3) is 0.304. The van der Waals surface area contributed by atoms with Gasteiger partial charge < -0.3 is 14.2 Å². The first-order chi connectivity index (χ1) is 13.5. The van der Waals surface area contributed by atoms with Crippen LogP contribution >= 0.6 is 0 Å². The van der Waals surface area contributed by atoms with E-state index in [4.69, 9.17) is 9.26 Å². The molecule has 0 saturated heterocycles. The van der Waals surface area contributed by atoms with Crippen LogP contribution in [0.3, 0.4) is 0 Å². The Kier molecular flexibility index (Phi) is 6.14. The zero-order valence-electron chi connectivity index (χ0n) is 16.9. The molecule has 1 aromatic heterocycles. The normalized spacial score (nSPS) is 10.7. The smallest absolute Gasteiger partial charge is 0.257 e. The van der Waals surface area contributed by atoms with Gasteiger partial charge in [0.25, 0.3) is 5.91 Å². The standard InChI is InChI=1S/C23H26N2O3/c1-5-18-10-12-19(13-11-18)14-25(4)23(26)20-8-6-7-9-22(20)27-15-21-16(2)24-28-17(21)3/h6-13H,5,14-15H2,1-4H3. The average molecular weight is 378 g/mol. The largest absolute Gasteiger partial charge is 0.488 e. The summed E-state index contributed by atoms with van der Waals surface area (Å²) in [6, 6.07) is 15.7. The van der Waals surface area contributed by atoms with Crippen LogP contribution in [0.25, 0.3) is 0 Å². The number of hydrogen-bond donors (Lipinski definition) is 0. The Morgan fingerprint density at radius 1 is 1.07 bits per heavy atom. The summed E-state index contributed by atoms with van der Waals surface area (Å²) in [5.74, 6) is 1.21. The second kappa shape index (κ2) is 8.74. The number of amides is 1. The number of hydrogen-bond acceptors (Lipinski definition) is 4. The number of aromatic nitrogens is 1. The van der Waals surface area contributed by atoms with Crippen LogP contribution in [0.15, 0.2) is 53.1 Å². The van der Waals surface area contributed by atoms with Crippen LogP contribution in [0.1, 0.15) is 45.4 Å². The maximum atomic E-state index is 13.0. The molecular weight excluding hydrogens is 352 g/mol. The van der Waals surface area contributed by atoms with E-state index in [1.165, 1.54) is 5.56 Å². The molecule has 2 aromatic carbocycles. The quantitative estimate of drug-likeness (QED) is 0.598. The van der Waals surface area contributed by atoms with E-state index in [1.807, 2.05) is 32.0 Å². The van der Waals surface area contributed by atoms with E-state index in [-0.39, 0.29) is 5.91 Å². The van der Waals surface area contributed by atoms with Crippen molar-refractivity contribution in [1.82, 2.24) is 10.1 Å². The van der Waals surface area contributed by atoms with Crippen molar-refractivity contribution < 1.29 is 14.1 Å². The van der Waals surface area contributed by atoms with Crippen molar-refractivity contribution in [2.75, 3.05) is 7.05 Å². The molecular formula is C23H26N2O3. The van der Waals surface area contributed by atoms with E-state index < -0.39 is 0 Å². The predicted octanol–water partition coefficient (Wildman–Crippen LogP) is 4.71. The Hall–Kier alpha value is -3.08. The molecule has 0 unspecified atom stereocenters. The van der Waals surface area contributed by atoms with Gasteiger partial charge in [0.1, 0.15) is 18.1 Å². The van der Waals surface area contributed by atoms with Crippen LogP contribution in [0.2, 0.25) is 0 Å². The van der Waals surface area contributed by atoms with E-state index in [0.717, 1.165) is 29.0 Å². The van der Waals surface area contributed by atoms with Crippen molar-refractivity contribution in [1.29, 1.82) is 0 Å². The zero-order chi connectivity index (χ0) is 20.1. The van der Waals surface area contributed by atoms with E-state index in [9.17, 15) is 4.79 Å². The Labute approximate surface area is 165 Å². The minimum absolute atomic E-state index is 0.0751. The number of ether oxygens (including phenoxy) is 1. The topological polar surface area (TPSA) is 55.6 Å². The third kappa shape index (κ3) is 4.42. The molecule has 0 atom stereocenters. The van der Waals surface area contributed by atoms with E-state index in [1.54, 1.807) is 18.0 Å². The third-order valence-corrected chi connectivity index (χ3v) is 4.87. The molecule has 1 heterocycles. The number of rotatable bonds is 7. The van der Waals surface area contributed by atoms with Gasteiger partial charge in [-0.15, -0.1) is 0 Å². The fourth-order valence-corrected chi connectivity index (χ4v) is 3.06. The second-order valence-corrected chi connectivity index (χ2v) is 6.92. The van der Waals surface area contributed by atoms with E-state index in [2.05, 4.69) is 36.3 Å². The van der Waals surface area contributed by atoms with Crippen molar-refractivity contribution in [3.63, 3.8) is 0 Å². The summed E-state index contributed by atoms with van der Waals surface area (Å²) in [4.78, 5) is 14.7. The molecule has 0 aliphatic carbocycles. The SMILES string of the molecule is CCc1ccc(CN(C)C(=O)c2ccccc2OCc2c(C)noc2C)cc1. The number of para-hydroxylation sites is 1. The van der Waals surface area contributed by atoms with Crippen molar-refractivity contribution in [2.24, 2.45) is 0 Å². The second-order valence-electron chi connectivity index (χ2n) is 6.92. The first-order valence-electron chi connectivity index (χ1n) is 9.46. The molecule has 0 spiro atoms. The van der Waals surface area contributed by atoms with Crippen molar-refractivity contribution >= 4 is 5.91 Å². The highest BCUT2D eigenvalue weighted by Crippen LogP contribution is 2.23. The highest BCUT2D eigenvalue weighted by molar-refractivity contribution is 5.96. The van der Waals surface area contributed by atoms with Crippen LogP contribution in [0.4, 0.5) is 0 Å². The number of carbonyl (C=O) groups is 1. The number of carbonyl (C=O) groups excluding carboxylic acids is 1. The van der Waals surface area contributed by atoms with Gasteiger partial charge in [-0.25, -0.2) is 0 Å². The molecule has 5 nitrogen and oxygen atoms in total. The summed E-state index contributed by atoms with van der Waals surface area (Å²) < 4.78 is 11.1. The van der Waals surface area contributed by atoms with Crippen LogP contribution in [0, 0.1) is 13.8 Å². The lowest BCUT2D eigenvalue weighted by Gasteiger charge is -2.19. The maximum absolute atomic E-state index is 13.0. The van der Waals surface area contributed by atoms with Crippen molar-refractivity contribution in [3.05, 3.63) is 82.2 Å². The molecule has 0 aliphatic heterocycles. The van der Waals surface area contributed by atoms with E-state index >= 15 is 0 Å². The minimum atomic E-state index is -0.0751. The van der Waals surface area contributed by atoms with Crippen molar-refractivity contribution in [3.8, 4) is 5.75 Å². The molecule has 0 saturated carbocycles. The summed E-state index contributed by atoms with van der Waals surface area (Å²) in [5.41, 5.74) is 4.64. The lowest BCUT2D eigenvalue weighted by atomic mass is 10.1. The molecule has 1 amide bonds. The van der Waals surface area contributed by atoms with Crippen LogP contribution in [-0.4, -0.2) is 23.0 Å². The maximum Gasteiger partial charge on any atom is 0.257 e. The van der Waals surface area contributed by atoms with Crippen molar-refractivity contribution in [2.45, 2.75) is 40.3 Å². The highest BCUT2D eigenvalue weighted by Gasteiger charge is 2.18. The van der Waals surface area contributed by atoms with Gasteiger partial charge in [0.15, 0.2) is 0 Å². The van der Waals surface area contributed by atoms with Gasteiger partial charge in [-0.3, -0.25) is 4.79 Å². The van der Waals surface area contributed by atoms with Gasteiger partial charge in [0.2, 0.25) is 0 Å². The molecule has 5 heteroatoms. The Morgan fingerprint density at radius 3 is 2.39 bits per heavy atom. The third-order valence-electron chi connectivity index (χ3n) is 4.87. The van der Waals surface area contributed by atoms with Crippen LogP contribution in [0.5, 0.6) is 5.75 Å². The number of nitrogens with zero attached hydrogens (tertiary/aromatic N) is 2. The van der Waals surface area contributed by atoms with Gasteiger partial charge in [-0.1, -0.05) is 48.5 Å².